The van der Waals surface area contributed by atoms with Crippen molar-refractivity contribution in [3.63, 3.8) is 0 Å². The van der Waals surface area contributed by atoms with Gasteiger partial charge < -0.3 is 14.2 Å². The van der Waals surface area contributed by atoms with Gasteiger partial charge in [-0.1, -0.05) is 6.92 Å². The molecule has 23 heavy (non-hydrogen) atoms. The Bertz CT molecular complexity index is 554. The summed E-state index contributed by atoms with van der Waals surface area (Å²) in [5, 5.41) is 0. The third-order valence-corrected chi connectivity index (χ3v) is 5.28. The first-order valence-electron chi connectivity index (χ1n) is 8.77. The molecule has 3 heterocycles. The van der Waals surface area contributed by atoms with Crippen molar-refractivity contribution >= 4 is 6.03 Å². The van der Waals surface area contributed by atoms with E-state index in [0.29, 0.717) is 0 Å². The van der Waals surface area contributed by atoms with Crippen LogP contribution in [-0.4, -0.2) is 61.0 Å². The Hall–Kier alpha value is -1.49. The van der Waals surface area contributed by atoms with E-state index >= 15 is 0 Å². The number of carbonyl (C=O) groups excluding carboxylic acids is 1. The average molecular weight is 319 g/mol. The summed E-state index contributed by atoms with van der Waals surface area (Å²) in [6.07, 6.45) is 4.49. The van der Waals surface area contributed by atoms with Gasteiger partial charge in [0.25, 0.3) is 0 Å². The molecule has 1 spiro atoms. The van der Waals surface area contributed by atoms with Gasteiger partial charge in [-0.25, -0.2) is 4.79 Å². The normalized spacial score (nSPS) is 25.3. The Labute approximate surface area is 139 Å². The molecule has 1 aromatic rings. The Kier molecular flexibility index (Phi) is 4.67. The van der Waals surface area contributed by atoms with Crippen LogP contribution in [0.4, 0.5) is 4.79 Å². The molecule has 1 atom stereocenters. The van der Waals surface area contributed by atoms with E-state index in [1.165, 1.54) is 12.8 Å². The summed E-state index contributed by atoms with van der Waals surface area (Å²) in [6.45, 7) is 6.99. The smallest absolute Gasteiger partial charge is 0.319 e. The summed E-state index contributed by atoms with van der Waals surface area (Å²) in [5.74, 6) is 2.13. The average Bonchev–Trinajstić information content (AvgIpc) is 3.14. The van der Waals surface area contributed by atoms with Gasteiger partial charge in [0, 0.05) is 45.6 Å². The minimum absolute atomic E-state index is 0.154. The molecule has 0 bridgehead atoms. The maximum absolute atomic E-state index is 12.3. The van der Waals surface area contributed by atoms with Crippen molar-refractivity contribution in [1.29, 1.82) is 0 Å². The molecule has 0 radical (unpaired) electrons. The summed E-state index contributed by atoms with van der Waals surface area (Å²) < 4.78 is 5.85. The van der Waals surface area contributed by atoms with Crippen LogP contribution in [0.5, 0.6) is 0 Å². The van der Waals surface area contributed by atoms with Crippen LogP contribution in [0.1, 0.15) is 37.7 Å². The molecule has 0 N–H and O–H groups in total. The van der Waals surface area contributed by atoms with E-state index in [-0.39, 0.29) is 11.4 Å². The van der Waals surface area contributed by atoms with Gasteiger partial charge in [0.2, 0.25) is 0 Å². The predicted molar refractivity (Wildman–Crippen MR) is 90.3 cm³/mol. The minimum Gasteiger partial charge on any atom is -0.465 e. The number of likely N-dealkylation sites (tertiary alicyclic amines) is 2. The first-order valence-corrected chi connectivity index (χ1v) is 8.77. The van der Waals surface area contributed by atoms with Gasteiger partial charge in [-0.2, -0.15) is 0 Å². The van der Waals surface area contributed by atoms with Gasteiger partial charge >= 0.3 is 6.03 Å². The monoisotopic (exact) mass is 319 g/mol. The Morgan fingerprint density at radius 2 is 2.00 bits per heavy atom. The minimum atomic E-state index is 0.154. The molecule has 5 nitrogen and oxygen atoms in total. The van der Waals surface area contributed by atoms with E-state index in [4.69, 9.17) is 4.42 Å². The second-order valence-corrected chi connectivity index (χ2v) is 7.38. The zero-order chi connectivity index (χ0) is 16.4. The van der Waals surface area contributed by atoms with Gasteiger partial charge in [-0.3, -0.25) is 4.90 Å². The van der Waals surface area contributed by atoms with Crippen LogP contribution < -0.4 is 0 Å². The lowest BCUT2D eigenvalue weighted by atomic mass is 9.79. The molecule has 2 aliphatic rings. The maximum atomic E-state index is 12.3. The zero-order valence-electron chi connectivity index (χ0n) is 14.7. The number of hydrogen-bond donors (Lipinski definition) is 0. The van der Waals surface area contributed by atoms with Crippen molar-refractivity contribution in [3.8, 4) is 0 Å². The molecule has 3 rings (SSSR count). The van der Waals surface area contributed by atoms with Crippen molar-refractivity contribution in [2.24, 2.45) is 5.41 Å². The van der Waals surface area contributed by atoms with Crippen LogP contribution in [0.2, 0.25) is 0 Å². The van der Waals surface area contributed by atoms with E-state index in [1.807, 2.05) is 19.0 Å². The fourth-order valence-corrected chi connectivity index (χ4v) is 4.07. The van der Waals surface area contributed by atoms with Gasteiger partial charge in [-0.15, -0.1) is 0 Å². The molecule has 5 heteroatoms. The van der Waals surface area contributed by atoms with Gasteiger partial charge in [0.05, 0.1) is 6.54 Å². The summed E-state index contributed by atoms with van der Waals surface area (Å²) >= 11 is 0. The van der Waals surface area contributed by atoms with Crippen LogP contribution in [-0.2, 0) is 13.0 Å². The van der Waals surface area contributed by atoms with Crippen molar-refractivity contribution in [2.45, 2.75) is 39.2 Å². The maximum Gasteiger partial charge on any atom is 0.319 e. The lowest BCUT2D eigenvalue weighted by Crippen LogP contribution is -2.50. The SMILES string of the molecule is CCc1ccc(CN2CCC3(CCCN(C(=O)N(C)C)C3)C2)o1. The van der Waals surface area contributed by atoms with E-state index in [0.717, 1.165) is 57.1 Å². The molecule has 2 amide bonds. The van der Waals surface area contributed by atoms with Crippen LogP contribution >= 0.6 is 0 Å². The zero-order valence-corrected chi connectivity index (χ0v) is 14.7. The molecule has 1 unspecified atom stereocenters. The number of amides is 2. The quantitative estimate of drug-likeness (QED) is 0.860. The molecular weight excluding hydrogens is 290 g/mol. The number of aryl methyl sites for hydroxylation is 1. The number of rotatable bonds is 3. The Morgan fingerprint density at radius 3 is 2.70 bits per heavy atom. The third-order valence-electron chi connectivity index (χ3n) is 5.28. The summed E-state index contributed by atoms with van der Waals surface area (Å²) in [6, 6.07) is 4.34. The number of hydrogen-bond acceptors (Lipinski definition) is 3. The van der Waals surface area contributed by atoms with Gasteiger partial charge in [-0.05, 0) is 37.9 Å². The summed E-state index contributed by atoms with van der Waals surface area (Å²) in [5.41, 5.74) is 0.282. The predicted octanol–water partition coefficient (Wildman–Crippen LogP) is 2.81. The molecule has 2 aliphatic heterocycles. The Morgan fingerprint density at radius 1 is 1.22 bits per heavy atom. The van der Waals surface area contributed by atoms with Crippen LogP contribution in [0.3, 0.4) is 0 Å². The van der Waals surface area contributed by atoms with Crippen LogP contribution in [0.15, 0.2) is 16.5 Å². The fraction of sp³-hybridized carbons (Fsp3) is 0.722. The number of furan rings is 1. The largest absolute Gasteiger partial charge is 0.465 e. The lowest BCUT2D eigenvalue weighted by Gasteiger charge is -2.41. The summed E-state index contributed by atoms with van der Waals surface area (Å²) in [7, 11) is 3.68. The second-order valence-electron chi connectivity index (χ2n) is 7.38. The van der Waals surface area contributed by atoms with Crippen molar-refractivity contribution in [2.75, 3.05) is 40.3 Å². The number of piperidine rings is 1. The molecule has 2 saturated heterocycles. The Balaban J connectivity index is 1.60. The van der Waals surface area contributed by atoms with Crippen molar-refractivity contribution in [1.82, 2.24) is 14.7 Å². The highest BCUT2D eigenvalue weighted by Gasteiger charge is 2.42. The van der Waals surface area contributed by atoms with Crippen LogP contribution in [0, 0.1) is 5.41 Å². The van der Waals surface area contributed by atoms with Gasteiger partial charge in [0.1, 0.15) is 11.5 Å². The topological polar surface area (TPSA) is 39.9 Å². The molecule has 0 aromatic carbocycles. The fourth-order valence-electron chi connectivity index (χ4n) is 4.07. The molecular formula is C18H29N3O2. The molecule has 0 saturated carbocycles. The van der Waals surface area contributed by atoms with E-state index in [1.54, 1.807) is 4.90 Å². The number of carbonyl (C=O) groups is 1. The molecule has 128 valence electrons. The lowest BCUT2D eigenvalue weighted by molar-refractivity contribution is 0.0938. The standard InChI is InChI=1S/C18H29N3O2/c1-4-15-6-7-16(23-15)12-20-11-9-18(13-20)8-5-10-21(14-18)17(22)19(2)3/h6-7H,4-5,8-14H2,1-3H3. The molecule has 2 fully saturated rings. The van der Waals surface area contributed by atoms with E-state index in [2.05, 4.69) is 24.0 Å². The van der Waals surface area contributed by atoms with Crippen LogP contribution in [0.25, 0.3) is 0 Å². The number of urea groups is 1. The first kappa shape index (κ1) is 16.4. The highest BCUT2D eigenvalue weighted by molar-refractivity contribution is 5.74. The number of nitrogens with zero attached hydrogens (tertiary/aromatic N) is 3. The van der Waals surface area contributed by atoms with E-state index in [9.17, 15) is 4.79 Å². The summed E-state index contributed by atoms with van der Waals surface area (Å²) in [4.78, 5) is 18.5. The van der Waals surface area contributed by atoms with Gasteiger partial charge in [0.15, 0.2) is 0 Å². The molecule has 1 aromatic heterocycles. The third kappa shape index (κ3) is 3.55. The van der Waals surface area contributed by atoms with E-state index < -0.39 is 0 Å². The second kappa shape index (κ2) is 6.56. The molecule has 0 aliphatic carbocycles. The highest BCUT2D eigenvalue weighted by Crippen LogP contribution is 2.39. The van der Waals surface area contributed by atoms with Crippen molar-refractivity contribution in [3.05, 3.63) is 23.7 Å². The van der Waals surface area contributed by atoms with Crippen molar-refractivity contribution < 1.29 is 9.21 Å². The first-order chi connectivity index (χ1) is 11.0. The highest BCUT2D eigenvalue weighted by atomic mass is 16.3.